The summed E-state index contributed by atoms with van der Waals surface area (Å²) in [5.74, 6) is 0.694. The lowest BCUT2D eigenvalue weighted by atomic mass is 10.2. The number of thioether (sulfide) groups is 1. The van der Waals surface area contributed by atoms with Crippen LogP contribution < -0.4 is 10.2 Å². The van der Waals surface area contributed by atoms with Crippen molar-refractivity contribution >= 4 is 29.0 Å². The molecule has 0 saturated carbocycles. The molecule has 4 rings (SSSR count). The summed E-state index contributed by atoms with van der Waals surface area (Å²) >= 11 is 1.57. The van der Waals surface area contributed by atoms with Crippen molar-refractivity contribution in [3.05, 3.63) is 47.3 Å². The highest BCUT2D eigenvalue weighted by molar-refractivity contribution is 8.04. The average Bonchev–Trinajstić information content (AvgIpc) is 3.07. The predicted molar refractivity (Wildman–Crippen MR) is 100 cm³/mol. The van der Waals surface area contributed by atoms with Gasteiger partial charge in [-0.1, -0.05) is 23.9 Å². The Morgan fingerprint density at radius 3 is 2.76 bits per heavy atom. The highest BCUT2D eigenvalue weighted by Gasteiger charge is 2.22. The van der Waals surface area contributed by atoms with Gasteiger partial charge in [-0.3, -0.25) is 0 Å². The quantitative estimate of drug-likeness (QED) is 0.835. The van der Waals surface area contributed by atoms with Gasteiger partial charge in [-0.25, -0.2) is 9.97 Å². The molecule has 0 spiro atoms. The number of aromatic nitrogens is 2. The largest absolute Gasteiger partial charge is 0.348 e. The minimum absolute atomic E-state index is 0.555. The van der Waals surface area contributed by atoms with E-state index in [1.54, 1.807) is 24.0 Å². The van der Waals surface area contributed by atoms with Crippen molar-refractivity contribution < 1.29 is 0 Å². The van der Waals surface area contributed by atoms with Crippen LogP contribution in [0.15, 0.2) is 46.5 Å². The molecule has 2 aliphatic rings. The molecule has 7 heteroatoms. The van der Waals surface area contributed by atoms with Gasteiger partial charge in [-0.2, -0.15) is 5.26 Å². The Bertz CT molecular complexity index is 837. The van der Waals surface area contributed by atoms with E-state index in [0.717, 1.165) is 41.8 Å². The molecule has 0 aliphatic carbocycles. The second-order valence-corrected chi connectivity index (χ2v) is 7.12. The van der Waals surface area contributed by atoms with Gasteiger partial charge in [0.1, 0.15) is 11.6 Å². The number of anilines is 2. The third-order valence-electron chi connectivity index (χ3n) is 4.37. The first kappa shape index (κ1) is 15.9. The van der Waals surface area contributed by atoms with Gasteiger partial charge in [-0.15, -0.1) is 0 Å². The number of hydrogen-bond acceptors (Lipinski definition) is 7. The maximum atomic E-state index is 9.71. The maximum absolute atomic E-state index is 9.71. The molecule has 6 nitrogen and oxygen atoms in total. The number of hydrogen-bond donors (Lipinski definition) is 1. The molecular weight excluding hydrogens is 332 g/mol. The summed E-state index contributed by atoms with van der Waals surface area (Å²) in [6.07, 6.45) is 1.74. The van der Waals surface area contributed by atoms with E-state index in [9.17, 15) is 5.26 Å². The molecule has 25 heavy (non-hydrogen) atoms. The number of allylic oxidation sites excluding steroid dienone is 1. The van der Waals surface area contributed by atoms with E-state index in [1.807, 2.05) is 24.3 Å². The molecular formula is C18H18N6S. The zero-order valence-electron chi connectivity index (χ0n) is 13.9. The highest BCUT2D eigenvalue weighted by atomic mass is 32.2. The summed E-state index contributed by atoms with van der Waals surface area (Å²) in [7, 11) is 2.12. The molecule has 0 amide bonds. The SMILES string of the molecule is CN1CCN(c2nccc(/C(C#N)=C3\Nc4ccccc4S3)n2)CC1. The fourth-order valence-electron chi connectivity index (χ4n) is 2.90. The summed E-state index contributed by atoms with van der Waals surface area (Å²) in [6, 6.07) is 12.2. The third kappa shape index (κ3) is 3.18. The number of nitriles is 1. The number of piperazine rings is 1. The van der Waals surface area contributed by atoms with Crippen LogP contribution in [0.3, 0.4) is 0 Å². The van der Waals surface area contributed by atoms with Gasteiger partial charge >= 0.3 is 0 Å². The number of rotatable bonds is 2. The van der Waals surface area contributed by atoms with Gasteiger partial charge in [0.25, 0.3) is 0 Å². The molecule has 1 aromatic heterocycles. The zero-order valence-corrected chi connectivity index (χ0v) is 14.8. The van der Waals surface area contributed by atoms with E-state index >= 15 is 0 Å². The molecule has 0 bridgehead atoms. The Hall–Kier alpha value is -2.56. The molecule has 3 heterocycles. The predicted octanol–water partition coefficient (Wildman–Crippen LogP) is 2.64. The number of likely N-dealkylation sites (N-methyl/N-ethyl adjacent to an activating group) is 1. The molecule has 0 radical (unpaired) electrons. The van der Waals surface area contributed by atoms with Gasteiger partial charge in [-0.05, 0) is 25.2 Å². The van der Waals surface area contributed by atoms with Crippen molar-refractivity contribution in [2.24, 2.45) is 0 Å². The molecule has 1 saturated heterocycles. The number of benzene rings is 1. The molecule has 2 aromatic rings. The molecule has 1 N–H and O–H groups in total. The van der Waals surface area contributed by atoms with Gasteiger partial charge in [0.2, 0.25) is 5.95 Å². The minimum atomic E-state index is 0.555. The third-order valence-corrected chi connectivity index (χ3v) is 5.46. The molecule has 0 unspecified atom stereocenters. The topological polar surface area (TPSA) is 68.1 Å². The van der Waals surface area contributed by atoms with E-state index in [0.29, 0.717) is 17.2 Å². The van der Waals surface area contributed by atoms with Crippen LogP contribution in [0.4, 0.5) is 11.6 Å². The lowest BCUT2D eigenvalue weighted by molar-refractivity contribution is 0.311. The van der Waals surface area contributed by atoms with E-state index in [4.69, 9.17) is 0 Å². The number of nitrogens with zero attached hydrogens (tertiary/aromatic N) is 5. The first-order chi connectivity index (χ1) is 12.2. The zero-order chi connectivity index (χ0) is 17.2. The Morgan fingerprint density at radius 2 is 2.00 bits per heavy atom. The van der Waals surface area contributed by atoms with Gasteiger partial charge in [0, 0.05) is 37.3 Å². The molecule has 2 aliphatic heterocycles. The molecule has 0 atom stereocenters. The molecule has 126 valence electrons. The summed E-state index contributed by atoms with van der Waals surface area (Å²) < 4.78 is 0. The second kappa shape index (κ2) is 6.75. The number of nitrogens with one attached hydrogen (secondary N) is 1. The van der Waals surface area contributed by atoms with E-state index in [-0.39, 0.29) is 0 Å². The highest BCUT2D eigenvalue weighted by Crippen LogP contribution is 2.43. The fourth-order valence-corrected chi connectivity index (χ4v) is 3.91. The van der Waals surface area contributed by atoms with E-state index in [2.05, 4.69) is 38.2 Å². The van der Waals surface area contributed by atoms with Crippen LogP contribution in [0.25, 0.3) is 5.57 Å². The van der Waals surface area contributed by atoms with Crippen molar-refractivity contribution in [2.75, 3.05) is 43.4 Å². The van der Waals surface area contributed by atoms with Crippen LogP contribution >= 0.6 is 11.8 Å². The Morgan fingerprint density at radius 1 is 1.20 bits per heavy atom. The smallest absolute Gasteiger partial charge is 0.225 e. The van der Waals surface area contributed by atoms with E-state index < -0.39 is 0 Å². The molecule has 1 fully saturated rings. The Labute approximate surface area is 151 Å². The summed E-state index contributed by atoms with van der Waals surface area (Å²) in [6.45, 7) is 3.78. The first-order valence-electron chi connectivity index (χ1n) is 8.20. The lowest BCUT2D eigenvalue weighted by Gasteiger charge is -2.32. The van der Waals surface area contributed by atoms with Crippen LogP contribution in [0.1, 0.15) is 5.69 Å². The van der Waals surface area contributed by atoms with Crippen molar-refractivity contribution in [1.29, 1.82) is 5.26 Å². The van der Waals surface area contributed by atoms with Crippen LogP contribution in [-0.4, -0.2) is 48.1 Å². The first-order valence-corrected chi connectivity index (χ1v) is 9.01. The van der Waals surface area contributed by atoms with Crippen molar-refractivity contribution in [2.45, 2.75) is 4.90 Å². The van der Waals surface area contributed by atoms with Crippen LogP contribution in [0, 0.1) is 11.3 Å². The summed E-state index contributed by atoms with van der Waals surface area (Å²) in [5, 5.41) is 13.9. The Balaban J connectivity index is 1.64. The van der Waals surface area contributed by atoms with Crippen molar-refractivity contribution in [1.82, 2.24) is 14.9 Å². The normalized spacial score (nSPS) is 19.1. The van der Waals surface area contributed by atoms with Gasteiger partial charge in [0.15, 0.2) is 0 Å². The maximum Gasteiger partial charge on any atom is 0.225 e. The summed E-state index contributed by atoms with van der Waals surface area (Å²) in [4.78, 5) is 14.7. The van der Waals surface area contributed by atoms with E-state index in [1.165, 1.54) is 0 Å². The second-order valence-electron chi connectivity index (χ2n) is 6.07. The van der Waals surface area contributed by atoms with Crippen LogP contribution in [0.2, 0.25) is 0 Å². The average molecular weight is 350 g/mol. The summed E-state index contributed by atoms with van der Waals surface area (Å²) in [5.41, 5.74) is 2.25. The van der Waals surface area contributed by atoms with Crippen molar-refractivity contribution in [3.63, 3.8) is 0 Å². The van der Waals surface area contributed by atoms with Gasteiger partial charge < -0.3 is 15.1 Å². The standard InChI is InChI=1S/C18H18N6S/c1-23-8-10-24(11-9-23)18-20-7-6-14(22-18)13(12-19)17-21-15-4-2-3-5-16(15)25-17/h2-7,21H,8-11H2,1H3/b17-13+. The number of fused-ring (bicyclic) bond motifs is 1. The Kier molecular flexibility index (Phi) is 4.30. The van der Waals surface area contributed by atoms with Gasteiger partial charge in [0.05, 0.1) is 16.4 Å². The number of para-hydroxylation sites is 1. The minimum Gasteiger partial charge on any atom is -0.348 e. The lowest BCUT2D eigenvalue weighted by Crippen LogP contribution is -2.45. The van der Waals surface area contributed by atoms with Crippen LogP contribution in [0.5, 0.6) is 0 Å². The molecule has 1 aromatic carbocycles. The fraction of sp³-hybridized carbons (Fsp3) is 0.278. The van der Waals surface area contributed by atoms with Crippen molar-refractivity contribution in [3.8, 4) is 6.07 Å². The monoisotopic (exact) mass is 350 g/mol. The van der Waals surface area contributed by atoms with Crippen LogP contribution in [-0.2, 0) is 0 Å².